The van der Waals surface area contributed by atoms with Gasteiger partial charge in [0.2, 0.25) is 0 Å². The molecular weight excluding hydrogens is 146 g/mol. The van der Waals surface area contributed by atoms with Crippen LogP contribution in [0.1, 0.15) is 26.7 Å². The van der Waals surface area contributed by atoms with Gasteiger partial charge in [-0.1, -0.05) is 31.6 Å². The number of hydrogen-bond donors (Lipinski definition) is 0. The van der Waals surface area contributed by atoms with Gasteiger partial charge in [-0.05, 0) is 12.8 Å². The average molecular weight is 163 g/mol. The molecule has 0 aliphatic carbocycles. The first-order valence-electron chi connectivity index (χ1n) is 4.61. The van der Waals surface area contributed by atoms with E-state index in [2.05, 4.69) is 31.5 Å². The van der Waals surface area contributed by atoms with Crippen LogP contribution in [0.4, 0.5) is 0 Å². The number of nitrogens with zero attached hydrogens (tertiary/aromatic N) is 1. The molecule has 12 heavy (non-hydrogen) atoms. The lowest BCUT2D eigenvalue weighted by Gasteiger charge is -2.25. The molecule has 0 bridgehead atoms. The Bertz CT molecular complexity index is 225. The van der Waals surface area contributed by atoms with Gasteiger partial charge < -0.3 is 0 Å². The number of dihydropyridines is 1. The van der Waals surface area contributed by atoms with Gasteiger partial charge in [0, 0.05) is 11.6 Å². The standard InChI is InChI=1S/C11H17N/c1-4-10-7-11(5-2,6-3)9-12-8-10/h5,7,9H,2,4,6,8H2,1,3H3. The summed E-state index contributed by atoms with van der Waals surface area (Å²) in [4.78, 5) is 4.36. The van der Waals surface area contributed by atoms with Crippen molar-refractivity contribution < 1.29 is 0 Å². The Kier molecular flexibility index (Phi) is 2.85. The number of allylic oxidation sites excluding steroid dienone is 2. The third-order valence-corrected chi connectivity index (χ3v) is 2.55. The van der Waals surface area contributed by atoms with Crippen molar-refractivity contribution in [3.63, 3.8) is 0 Å². The smallest absolute Gasteiger partial charge is 0.0596 e. The van der Waals surface area contributed by atoms with Crippen LogP contribution < -0.4 is 0 Å². The maximum absolute atomic E-state index is 4.36. The van der Waals surface area contributed by atoms with Gasteiger partial charge in [0.1, 0.15) is 0 Å². The minimum Gasteiger partial charge on any atom is -0.292 e. The monoisotopic (exact) mass is 163 g/mol. The summed E-state index contributed by atoms with van der Waals surface area (Å²) in [6, 6.07) is 0. The second-order valence-electron chi connectivity index (χ2n) is 3.30. The Morgan fingerprint density at radius 1 is 1.67 bits per heavy atom. The molecule has 0 saturated heterocycles. The highest BCUT2D eigenvalue weighted by molar-refractivity contribution is 5.73. The summed E-state index contributed by atoms with van der Waals surface area (Å²) in [5.74, 6) is 0. The van der Waals surface area contributed by atoms with Crippen molar-refractivity contribution in [2.24, 2.45) is 10.4 Å². The van der Waals surface area contributed by atoms with Crippen LogP contribution in [0.25, 0.3) is 0 Å². The zero-order valence-electron chi connectivity index (χ0n) is 8.01. The van der Waals surface area contributed by atoms with Crippen molar-refractivity contribution in [1.82, 2.24) is 0 Å². The third kappa shape index (κ3) is 1.66. The van der Waals surface area contributed by atoms with E-state index in [1.807, 2.05) is 12.3 Å². The van der Waals surface area contributed by atoms with Crippen LogP contribution in [0.5, 0.6) is 0 Å². The molecule has 1 nitrogen and oxygen atoms in total. The average Bonchev–Trinajstić information content (AvgIpc) is 2.18. The highest BCUT2D eigenvalue weighted by atomic mass is 14.7. The SMILES string of the molecule is C=CC1(CC)C=NCC(CC)=C1. The molecule has 1 heterocycles. The molecule has 0 radical (unpaired) electrons. The maximum Gasteiger partial charge on any atom is 0.0596 e. The molecule has 0 aromatic heterocycles. The molecule has 66 valence electrons. The quantitative estimate of drug-likeness (QED) is 0.567. The number of aliphatic imine (C=N–C) groups is 1. The fourth-order valence-corrected chi connectivity index (χ4v) is 1.46. The molecule has 0 aromatic carbocycles. The maximum atomic E-state index is 4.36. The first kappa shape index (κ1) is 9.24. The minimum atomic E-state index is 0.0452. The van der Waals surface area contributed by atoms with E-state index in [1.54, 1.807) is 0 Å². The van der Waals surface area contributed by atoms with Crippen LogP contribution >= 0.6 is 0 Å². The van der Waals surface area contributed by atoms with Gasteiger partial charge >= 0.3 is 0 Å². The van der Waals surface area contributed by atoms with Gasteiger partial charge in [0.15, 0.2) is 0 Å². The summed E-state index contributed by atoms with van der Waals surface area (Å²) >= 11 is 0. The van der Waals surface area contributed by atoms with E-state index in [-0.39, 0.29) is 5.41 Å². The Balaban J connectivity index is 2.88. The molecule has 1 unspecified atom stereocenters. The highest BCUT2D eigenvalue weighted by Crippen LogP contribution is 2.28. The van der Waals surface area contributed by atoms with Crippen molar-refractivity contribution in [2.45, 2.75) is 26.7 Å². The highest BCUT2D eigenvalue weighted by Gasteiger charge is 2.21. The van der Waals surface area contributed by atoms with Crippen LogP contribution in [0.2, 0.25) is 0 Å². The topological polar surface area (TPSA) is 12.4 Å². The zero-order valence-corrected chi connectivity index (χ0v) is 8.01. The van der Waals surface area contributed by atoms with Crippen molar-refractivity contribution in [1.29, 1.82) is 0 Å². The predicted molar refractivity (Wildman–Crippen MR) is 54.7 cm³/mol. The second-order valence-corrected chi connectivity index (χ2v) is 3.30. The Hall–Kier alpha value is -0.850. The minimum absolute atomic E-state index is 0.0452. The normalized spacial score (nSPS) is 28.3. The lowest BCUT2D eigenvalue weighted by atomic mass is 9.83. The summed E-state index contributed by atoms with van der Waals surface area (Å²) in [5.41, 5.74) is 1.48. The van der Waals surface area contributed by atoms with E-state index in [4.69, 9.17) is 0 Å². The molecule has 0 fully saturated rings. The molecule has 0 amide bonds. The van der Waals surface area contributed by atoms with Crippen LogP contribution in [-0.4, -0.2) is 12.8 Å². The molecule has 0 saturated carbocycles. The Labute approximate surface area is 74.9 Å². The van der Waals surface area contributed by atoms with E-state index in [0.717, 1.165) is 19.4 Å². The van der Waals surface area contributed by atoms with Gasteiger partial charge in [-0.3, -0.25) is 4.99 Å². The third-order valence-electron chi connectivity index (χ3n) is 2.55. The molecule has 1 atom stereocenters. The van der Waals surface area contributed by atoms with Gasteiger partial charge in [0.05, 0.1) is 6.54 Å². The first-order valence-corrected chi connectivity index (χ1v) is 4.61. The Morgan fingerprint density at radius 3 is 2.92 bits per heavy atom. The van der Waals surface area contributed by atoms with E-state index in [0.29, 0.717) is 0 Å². The van der Waals surface area contributed by atoms with E-state index in [9.17, 15) is 0 Å². The summed E-state index contributed by atoms with van der Waals surface area (Å²) in [7, 11) is 0. The summed E-state index contributed by atoms with van der Waals surface area (Å²) in [6.45, 7) is 9.09. The summed E-state index contributed by atoms with van der Waals surface area (Å²) in [6.07, 6.45) is 8.49. The van der Waals surface area contributed by atoms with Gasteiger partial charge in [0.25, 0.3) is 0 Å². The van der Waals surface area contributed by atoms with E-state index < -0.39 is 0 Å². The molecule has 1 aliphatic heterocycles. The van der Waals surface area contributed by atoms with Crippen LogP contribution in [0.3, 0.4) is 0 Å². The summed E-state index contributed by atoms with van der Waals surface area (Å²) in [5, 5.41) is 0. The van der Waals surface area contributed by atoms with Gasteiger partial charge in [-0.2, -0.15) is 0 Å². The molecule has 1 aliphatic rings. The van der Waals surface area contributed by atoms with E-state index in [1.165, 1.54) is 5.57 Å². The lowest BCUT2D eigenvalue weighted by Crippen LogP contribution is -2.20. The largest absolute Gasteiger partial charge is 0.292 e. The molecule has 0 aromatic rings. The molecule has 0 N–H and O–H groups in total. The fraction of sp³-hybridized carbons (Fsp3) is 0.545. The van der Waals surface area contributed by atoms with Crippen LogP contribution in [0.15, 0.2) is 29.3 Å². The van der Waals surface area contributed by atoms with Crippen molar-refractivity contribution >= 4 is 6.21 Å². The zero-order chi connectivity index (χ0) is 9.03. The van der Waals surface area contributed by atoms with E-state index >= 15 is 0 Å². The van der Waals surface area contributed by atoms with Crippen LogP contribution in [-0.2, 0) is 0 Å². The Morgan fingerprint density at radius 2 is 2.42 bits per heavy atom. The molecule has 1 heteroatoms. The number of hydrogen-bond acceptors (Lipinski definition) is 1. The number of rotatable bonds is 3. The first-order chi connectivity index (χ1) is 5.76. The van der Waals surface area contributed by atoms with Crippen LogP contribution in [0, 0.1) is 5.41 Å². The lowest BCUT2D eigenvalue weighted by molar-refractivity contribution is 0.639. The van der Waals surface area contributed by atoms with Crippen molar-refractivity contribution in [3.8, 4) is 0 Å². The predicted octanol–water partition coefficient (Wildman–Crippen LogP) is 2.99. The second kappa shape index (κ2) is 3.70. The molecule has 0 spiro atoms. The van der Waals surface area contributed by atoms with Crippen molar-refractivity contribution in [2.75, 3.05) is 6.54 Å². The summed E-state index contributed by atoms with van der Waals surface area (Å²) < 4.78 is 0. The van der Waals surface area contributed by atoms with Crippen molar-refractivity contribution in [3.05, 3.63) is 24.3 Å². The molecular formula is C11H17N. The van der Waals surface area contributed by atoms with Gasteiger partial charge in [-0.25, -0.2) is 0 Å². The fourth-order valence-electron chi connectivity index (χ4n) is 1.46. The molecule has 1 rings (SSSR count). The van der Waals surface area contributed by atoms with Gasteiger partial charge in [-0.15, -0.1) is 6.58 Å².